The Hall–Kier alpha value is -1.91. The maximum atomic E-state index is 11.3. The first-order chi connectivity index (χ1) is 9.15. The fourth-order valence-corrected chi connectivity index (χ4v) is 2.80. The Balaban J connectivity index is 1.79. The molecule has 0 N–H and O–H groups in total. The summed E-state index contributed by atoms with van der Waals surface area (Å²) in [6, 6.07) is 3.90. The summed E-state index contributed by atoms with van der Waals surface area (Å²) in [7, 11) is 2.01. The van der Waals surface area contributed by atoms with Crippen molar-refractivity contribution in [1.82, 2.24) is 19.4 Å². The highest BCUT2D eigenvalue weighted by Crippen LogP contribution is 2.22. The third-order valence-electron chi connectivity index (χ3n) is 3.92. The van der Waals surface area contributed by atoms with Crippen LogP contribution >= 0.6 is 0 Å². The van der Waals surface area contributed by atoms with E-state index in [1.165, 1.54) is 0 Å². The van der Waals surface area contributed by atoms with Gasteiger partial charge in [0.05, 0.1) is 0 Å². The van der Waals surface area contributed by atoms with Gasteiger partial charge in [-0.25, -0.2) is 9.97 Å². The fourth-order valence-electron chi connectivity index (χ4n) is 2.80. The maximum absolute atomic E-state index is 11.3. The van der Waals surface area contributed by atoms with E-state index < -0.39 is 0 Å². The lowest BCUT2D eigenvalue weighted by Gasteiger charge is -2.13. The van der Waals surface area contributed by atoms with Gasteiger partial charge in [-0.1, -0.05) is 0 Å². The van der Waals surface area contributed by atoms with Crippen molar-refractivity contribution >= 4 is 17.1 Å². The zero-order valence-corrected chi connectivity index (χ0v) is 11.3. The molecule has 100 valence electrons. The van der Waals surface area contributed by atoms with Crippen LogP contribution < -0.4 is 0 Å². The van der Waals surface area contributed by atoms with Crippen molar-refractivity contribution in [3.05, 3.63) is 24.2 Å². The summed E-state index contributed by atoms with van der Waals surface area (Å²) in [5.41, 5.74) is 1.88. The van der Waals surface area contributed by atoms with Crippen LogP contribution in [0.3, 0.4) is 0 Å². The lowest BCUT2D eigenvalue weighted by Crippen LogP contribution is -2.26. The molecular weight excluding hydrogens is 240 g/mol. The zero-order chi connectivity index (χ0) is 13.4. The summed E-state index contributed by atoms with van der Waals surface area (Å²) in [4.78, 5) is 22.3. The molecule has 1 atom stereocenters. The Kier molecular flexibility index (Phi) is 2.97. The Bertz CT molecular complexity index is 619. The molecule has 0 spiro atoms. The van der Waals surface area contributed by atoms with E-state index in [9.17, 15) is 4.79 Å². The lowest BCUT2D eigenvalue weighted by molar-refractivity contribution is -0.127. The Morgan fingerprint density at radius 3 is 3.05 bits per heavy atom. The van der Waals surface area contributed by atoms with Gasteiger partial charge in [-0.15, -0.1) is 0 Å². The number of hydrogen-bond acceptors (Lipinski definition) is 3. The van der Waals surface area contributed by atoms with Gasteiger partial charge in [0.15, 0.2) is 5.65 Å². The van der Waals surface area contributed by atoms with E-state index in [4.69, 9.17) is 0 Å². The highest BCUT2D eigenvalue weighted by atomic mass is 16.2. The smallest absolute Gasteiger partial charge is 0.219 e. The molecule has 2 aromatic rings. The minimum Gasteiger partial charge on any atom is -0.343 e. The molecule has 3 heterocycles. The standard InChI is InChI=1S/C14H18N4O/c1-10(19)18-7-5-11(9-18)8-13-16-12-4-3-6-15-14(12)17(13)2/h3-4,6,11H,5,7-9H2,1-2H3/t11-/m1/s1. The zero-order valence-electron chi connectivity index (χ0n) is 11.3. The van der Waals surface area contributed by atoms with Crippen LogP contribution in [-0.4, -0.2) is 38.4 Å². The van der Waals surface area contributed by atoms with Crippen LogP contribution in [0.15, 0.2) is 18.3 Å². The Morgan fingerprint density at radius 2 is 2.37 bits per heavy atom. The molecule has 1 amide bonds. The minimum absolute atomic E-state index is 0.175. The lowest BCUT2D eigenvalue weighted by atomic mass is 10.0. The highest BCUT2D eigenvalue weighted by Gasteiger charge is 2.25. The van der Waals surface area contributed by atoms with Crippen molar-refractivity contribution in [2.24, 2.45) is 13.0 Å². The molecule has 0 aromatic carbocycles. The van der Waals surface area contributed by atoms with Gasteiger partial charge in [0, 0.05) is 39.7 Å². The second-order valence-corrected chi connectivity index (χ2v) is 5.26. The normalized spacial score (nSPS) is 19.3. The summed E-state index contributed by atoms with van der Waals surface area (Å²) in [6.07, 6.45) is 3.77. The van der Waals surface area contributed by atoms with Crippen LogP contribution in [0.4, 0.5) is 0 Å². The molecule has 5 heteroatoms. The maximum Gasteiger partial charge on any atom is 0.219 e. The molecule has 0 unspecified atom stereocenters. The predicted molar refractivity (Wildman–Crippen MR) is 72.6 cm³/mol. The SMILES string of the molecule is CC(=O)N1CC[C@H](Cc2nc3cccnc3n2C)C1. The second-order valence-electron chi connectivity index (χ2n) is 5.26. The van der Waals surface area contributed by atoms with Crippen LogP contribution in [-0.2, 0) is 18.3 Å². The van der Waals surface area contributed by atoms with Crippen molar-refractivity contribution in [2.75, 3.05) is 13.1 Å². The molecule has 2 aromatic heterocycles. The molecule has 0 radical (unpaired) electrons. The largest absolute Gasteiger partial charge is 0.343 e. The van der Waals surface area contributed by atoms with Gasteiger partial charge in [0.25, 0.3) is 0 Å². The fraction of sp³-hybridized carbons (Fsp3) is 0.500. The van der Waals surface area contributed by atoms with Crippen molar-refractivity contribution in [1.29, 1.82) is 0 Å². The first kappa shape index (κ1) is 12.1. The minimum atomic E-state index is 0.175. The number of aryl methyl sites for hydroxylation is 1. The van der Waals surface area contributed by atoms with Crippen molar-refractivity contribution in [2.45, 2.75) is 19.8 Å². The number of fused-ring (bicyclic) bond motifs is 1. The third-order valence-corrected chi connectivity index (χ3v) is 3.92. The average molecular weight is 258 g/mol. The van der Waals surface area contributed by atoms with E-state index in [-0.39, 0.29) is 5.91 Å². The summed E-state index contributed by atoms with van der Waals surface area (Å²) in [5.74, 6) is 1.75. The molecule has 0 bridgehead atoms. The van der Waals surface area contributed by atoms with E-state index in [0.29, 0.717) is 5.92 Å². The quantitative estimate of drug-likeness (QED) is 0.817. The molecule has 19 heavy (non-hydrogen) atoms. The summed E-state index contributed by atoms with van der Waals surface area (Å²) in [6.45, 7) is 3.37. The van der Waals surface area contributed by atoms with Gasteiger partial charge in [-0.3, -0.25) is 4.79 Å². The number of imidazole rings is 1. The number of aromatic nitrogens is 3. The highest BCUT2D eigenvalue weighted by molar-refractivity contribution is 5.73. The molecule has 0 aliphatic carbocycles. The number of likely N-dealkylation sites (tertiary alicyclic amines) is 1. The van der Waals surface area contributed by atoms with Crippen LogP contribution in [0, 0.1) is 5.92 Å². The van der Waals surface area contributed by atoms with Crippen LogP contribution in [0.25, 0.3) is 11.2 Å². The molecule has 1 saturated heterocycles. The summed E-state index contributed by atoms with van der Waals surface area (Å²) < 4.78 is 2.06. The van der Waals surface area contributed by atoms with E-state index in [1.807, 2.05) is 24.1 Å². The first-order valence-electron chi connectivity index (χ1n) is 6.67. The van der Waals surface area contributed by atoms with E-state index in [2.05, 4.69) is 14.5 Å². The van der Waals surface area contributed by atoms with Crippen LogP contribution in [0.1, 0.15) is 19.2 Å². The van der Waals surface area contributed by atoms with E-state index in [0.717, 1.165) is 42.9 Å². The van der Waals surface area contributed by atoms with Crippen molar-refractivity contribution in [3.63, 3.8) is 0 Å². The number of carbonyl (C=O) groups is 1. The molecule has 0 saturated carbocycles. The van der Waals surface area contributed by atoms with Crippen LogP contribution in [0.2, 0.25) is 0 Å². The number of nitrogens with zero attached hydrogens (tertiary/aromatic N) is 4. The summed E-state index contributed by atoms with van der Waals surface area (Å²) in [5, 5.41) is 0. The van der Waals surface area contributed by atoms with Crippen molar-refractivity contribution < 1.29 is 4.79 Å². The number of amides is 1. The second kappa shape index (κ2) is 4.64. The van der Waals surface area contributed by atoms with Gasteiger partial charge < -0.3 is 9.47 Å². The molecule has 5 nitrogen and oxygen atoms in total. The average Bonchev–Trinajstić information content (AvgIpc) is 2.97. The van der Waals surface area contributed by atoms with Gasteiger partial charge in [-0.05, 0) is 24.5 Å². The topological polar surface area (TPSA) is 51.0 Å². The van der Waals surface area contributed by atoms with Gasteiger partial charge in [-0.2, -0.15) is 0 Å². The Labute approximate surface area is 112 Å². The number of rotatable bonds is 2. The molecule has 1 fully saturated rings. The monoisotopic (exact) mass is 258 g/mol. The molecular formula is C14H18N4O. The first-order valence-corrected chi connectivity index (χ1v) is 6.67. The molecule has 3 rings (SSSR count). The molecule has 1 aliphatic rings. The van der Waals surface area contributed by atoms with Gasteiger partial charge in [0.1, 0.15) is 11.3 Å². The number of carbonyl (C=O) groups excluding carboxylic acids is 1. The predicted octanol–water partition coefficient (Wildman–Crippen LogP) is 1.38. The van der Waals surface area contributed by atoms with E-state index >= 15 is 0 Å². The summed E-state index contributed by atoms with van der Waals surface area (Å²) >= 11 is 0. The third kappa shape index (κ3) is 2.20. The van der Waals surface area contributed by atoms with Gasteiger partial charge in [0.2, 0.25) is 5.91 Å². The number of hydrogen-bond donors (Lipinski definition) is 0. The van der Waals surface area contributed by atoms with Crippen LogP contribution in [0.5, 0.6) is 0 Å². The molecule has 1 aliphatic heterocycles. The van der Waals surface area contributed by atoms with Crippen molar-refractivity contribution in [3.8, 4) is 0 Å². The van der Waals surface area contributed by atoms with E-state index in [1.54, 1.807) is 13.1 Å². The van der Waals surface area contributed by atoms with Gasteiger partial charge >= 0.3 is 0 Å². The number of pyridine rings is 1. The Morgan fingerprint density at radius 1 is 1.53 bits per heavy atom.